The van der Waals surface area contributed by atoms with Crippen LogP contribution in [-0.2, 0) is 12.3 Å². The third-order valence-corrected chi connectivity index (χ3v) is 15.3. The summed E-state index contributed by atoms with van der Waals surface area (Å²) in [4.78, 5) is 4.90. The summed E-state index contributed by atoms with van der Waals surface area (Å²) in [6.45, 7) is 16.7. The van der Waals surface area contributed by atoms with Crippen molar-refractivity contribution in [1.82, 2.24) is 4.98 Å². The molecule has 0 saturated carbocycles. The predicted molar refractivity (Wildman–Crippen MR) is 203 cm³/mol. The lowest BCUT2D eigenvalue weighted by molar-refractivity contribution is 0.771. The van der Waals surface area contributed by atoms with Gasteiger partial charge in [-0.15, -0.1) is 0 Å². The molecule has 0 aliphatic rings. The summed E-state index contributed by atoms with van der Waals surface area (Å²) in [5.41, 5.74) is 13.0. The Morgan fingerprint density at radius 1 is 0.667 bits per heavy atom. The van der Waals surface area contributed by atoms with E-state index in [1.54, 1.807) is 6.20 Å². The zero-order valence-corrected chi connectivity index (χ0v) is 29.7. The molecule has 5 aromatic rings. The maximum atomic E-state index is 5.67. The van der Waals surface area contributed by atoms with Gasteiger partial charge in [0.25, 0.3) is 0 Å². The number of hydrogen-bond donors (Lipinski definition) is 1. The fraction of sp³-hybridized carbons (Fsp3) is 0.293. The van der Waals surface area contributed by atoms with Crippen molar-refractivity contribution in [3.63, 3.8) is 0 Å². The van der Waals surface area contributed by atoms with Crippen LogP contribution in [0.3, 0.4) is 0 Å². The maximum Gasteiger partial charge on any atom is 0.0639 e. The maximum absolute atomic E-state index is 5.67. The van der Waals surface area contributed by atoms with E-state index < -0.39 is 15.8 Å². The summed E-state index contributed by atoms with van der Waals surface area (Å²) in [6.07, 6.45) is 12.0. The van der Waals surface area contributed by atoms with Crippen molar-refractivity contribution in [3.8, 4) is 11.1 Å². The largest absolute Gasteiger partial charge is 0.405 e. The minimum Gasteiger partial charge on any atom is -0.405 e. The van der Waals surface area contributed by atoms with Crippen LogP contribution in [0.25, 0.3) is 32.7 Å². The molecule has 3 atom stereocenters. The van der Waals surface area contributed by atoms with Gasteiger partial charge < -0.3 is 5.73 Å². The average Bonchev–Trinajstić information content (AvgIpc) is 3.01. The van der Waals surface area contributed by atoms with Crippen molar-refractivity contribution in [3.05, 3.63) is 133 Å². The van der Waals surface area contributed by atoms with Gasteiger partial charge in [-0.05, 0) is 104 Å². The van der Waals surface area contributed by atoms with E-state index in [-0.39, 0.29) is 10.3 Å². The van der Waals surface area contributed by atoms with Crippen molar-refractivity contribution >= 4 is 42.8 Å². The van der Waals surface area contributed by atoms with Gasteiger partial charge in [-0.3, -0.25) is 4.98 Å². The van der Waals surface area contributed by atoms with Gasteiger partial charge in [0.15, 0.2) is 0 Å². The number of hydrogen-bond acceptors (Lipinski definition) is 2. The number of fused-ring (bicyclic) bond motifs is 2. The summed E-state index contributed by atoms with van der Waals surface area (Å²) in [6, 6.07) is 33.8. The standard InChI is InChI=1S/C41H48N2P2/c1-30(16-12-14-26-42)44(40(2,3)4)28-33-24-22-31-17-8-10-19-35(31)38(33)39-34(25-23-32-18-9-11-20-36(32)39)29-45(41(5,6)7)37-21-13-15-27-43-37/h8-27,30H,28-29,42H2,1-7H3/b16-12-,26-14-. The number of nitrogens with zero attached hydrogens (tertiary/aromatic N) is 1. The second kappa shape index (κ2) is 14.0. The topological polar surface area (TPSA) is 38.9 Å². The first-order valence-electron chi connectivity index (χ1n) is 16.0. The van der Waals surface area contributed by atoms with E-state index in [1.165, 1.54) is 49.2 Å². The summed E-state index contributed by atoms with van der Waals surface area (Å²) in [5, 5.41) is 5.53. The van der Waals surface area contributed by atoms with E-state index in [2.05, 4.69) is 146 Å². The van der Waals surface area contributed by atoms with Crippen LogP contribution in [0.1, 0.15) is 59.6 Å². The molecule has 45 heavy (non-hydrogen) atoms. The van der Waals surface area contributed by atoms with Gasteiger partial charge in [-0.25, -0.2) is 0 Å². The highest BCUT2D eigenvalue weighted by Crippen LogP contribution is 2.58. The smallest absolute Gasteiger partial charge is 0.0639 e. The molecule has 5 rings (SSSR count). The molecule has 0 amide bonds. The first kappa shape index (κ1) is 33.1. The zero-order valence-electron chi connectivity index (χ0n) is 28.0. The molecule has 0 spiro atoms. The SMILES string of the molecule is CC(/C=C\C=C/N)P(Cc1ccc2ccccc2c1-c1c(CP(c2ccccn2)C(C)(C)C)ccc2ccccc12)C(C)(C)C. The highest BCUT2D eigenvalue weighted by atomic mass is 31.1. The van der Waals surface area contributed by atoms with Gasteiger partial charge in [-0.2, -0.15) is 0 Å². The van der Waals surface area contributed by atoms with Gasteiger partial charge >= 0.3 is 0 Å². The molecule has 0 saturated heterocycles. The zero-order chi connectivity index (χ0) is 32.2. The van der Waals surface area contributed by atoms with Gasteiger partial charge in [0.05, 0.1) is 5.44 Å². The van der Waals surface area contributed by atoms with Crippen LogP contribution in [-0.4, -0.2) is 21.0 Å². The fourth-order valence-corrected chi connectivity index (χ4v) is 11.7. The molecule has 1 aromatic heterocycles. The second-order valence-corrected chi connectivity index (χ2v) is 20.3. The van der Waals surface area contributed by atoms with E-state index in [0.717, 1.165) is 12.3 Å². The Labute approximate surface area is 273 Å². The van der Waals surface area contributed by atoms with Crippen molar-refractivity contribution in [2.75, 3.05) is 0 Å². The Balaban J connectivity index is 1.77. The first-order chi connectivity index (χ1) is 21.5. The quantitative estimate of drug-likeness (QED) is 0.130. The lowest BCUT2D eigenvalue weighted by atomic mass is 9.88. The number of nitrogens with two attached hydrogens (primary N) is 1. The summed E-state index contributed by atoms with van der Waals surface area (Å²) < 4.78 is 0. The molecule has 0 fully saturated rings. The number of benzene rings is 4. The molecule has 3 unspecified atom stereocenters. The Bertz CT molecular complexity index is 1810. The molecule has 0 bridgehead atoms. The van der Waals surface area contributed by atoms with E-state index in [9.17, 15) is 0 Å². The van der Waals surface area contributed by atoms with Crippen molar-refractivity contribution in [2.24, 2.45) is 5.73 Å². The van der Waals surface area contributed by atoms with Crippen molar-refractivity contribution < 1.29 is 0 Å². The lowest BCUT2D eigenvalue weighted by Gasteiger charge is -2.36. The molecule has 2 nitrogen and oxygen atoms in total. The van der Waals surface area contributed by atoms with E-state index in [4.69, 9.17) is 10.7 Å². The van der Waals surface area contributed by atoms with Crippen LogP contribution in [0.5, 0.6) is 0 Å². The van der Waals surface area contributed by atoms with Crippen LogP contribution < -0.4 is 11.2 Å². The highest BCUT2D eigenvalue weighted by molar-refractivity contribution is 7.66. The highest BCUT2D eigenvalue weighted by Gasteiger charge is 2.31. The molecule has 4 heteroatoms. The summed E-state index contributed by atoms with van der Waals surface area (Å²) in [7, 11) is -0.984. The molecular formula is C41H48N2P2. The van der Waals surface area contributed by atoms with Gasteiger partial charge in [-0.1, -0.05) is 147 Å². The number of allylic oxidation sites excluding steroid dienone is 3. The Kier molecular flexibility index (Phi) is 10.3. The van der Waals surface area contributed by atoms with E-state index in [1.807, 2.05) is 18.3 Å². The molecule has 4 aromatic carbocycles. The Morgan fingerprint density at radius 2 is 1.22 bits per heavy atom. The third kappa shape index (κ3) is 7.57. The molecule has 232 valence electrons. The minimum absolute atomic E-state index is 0.106. The van der Waals surface area contributed by atoms with Crippen molar-refractivity contribution in [1.29, 1.82) is 0 Å². The third-order valence-electron chi connectivity index (χ3n) is 8.65. The van der Waals surface area contributed by atoms with E-state index in [0.29, 0.717) is 5.66 Å². The van der Waals surface area contributed by atoms with Crippen LogP contribution in [0, 0.1) is 0 Å². The monoisotopic (exact) mass is 630 g/mol. The normalized spacial score (nSPS) is 14.8. The molecular weight excluding hydrogens is 582 g/mol. The molecule has 1 heterocycles. The van der Waals surface area contributed by atoms with Crippen LogP contribution in [0.15, 0.2) is 122 Å². The number of pyridine rings is 1. The summed E-state index contributed by atoms with van der Waals surface area (Å²) >= 11 is 0. The van der Waals surface area contributed by atoms with Gasteiger partial charge in [0.2, 0.25) is 0 Å². The Morgan fingerprint density at radius 3 is 1.73 bits per heavy atom. The Hall–Kier alpha value is -3.31. The molecule has 0 aliphatic carbocycles. The van der Waals surface area contributed by atoms with Crippen LogP contribution >= 0.6 is 15.8 Å². The number of aromatic nitrogens is 1. The first-order valence-corrected chi connectivity index (χ1v) is 19.1. The molecule has 0 aliphatic heterocycles. The van der Waals surface area contributed by atoms with Gasteiger partial charge in [0, 0.05) is 6.20 Å². The lowest BCUT2D eigenvalue weighted by Crippen LogP contribution is -2.22. The summed E-state index contributed by atoms with van der Waals surface area (Å²) in [5.74, 6) is 0. The second-order valence-electron chi connectivity index (χ2n) is 13.9. The van der Waals surface area contributed by atoms with Gasteiger partial charge in [0.1, 0.15) is 0 Å². The predicted octanol–water partition coefficient (Wildman–Crippen LogP) is 11.4. The van der Waals surface area contributed by atoms with Crippen molar-refractivity contribution in [2.45, 2.75) is 76.8 Å². The van der Waals surface area contributed by atoms with Crippen LogP contribution in [0.2, 0.25) is 0 Å². The fourth-order valence-electron chi connectivity index (χ4n) is 6.40. The minimum atomic E-state index is -0.575. The van der Waals surface area contributed by atoms with Crippen LogP contribution in [0.4, 0.5) is 0 Å². The van der Waals surface area contributed by atoms with E-state index >= 15 is 0 Å². The average molecular weight is 631 g/mol. The molecule has 0 radical (unpaired) electrons. The number of rotatable bonds is 9. The molecule has 2 N–H and O–H groups in total.